The van der Waals surface area contributed by atoms with E-state index in [2.05, 4.69) is 32.1 Å². The first-order valence-corrected chi connectivity index (χ1v) is 11.5. The van der Waals surface area contributed by atoms with Crippen LogP contribution in [0.1, 0.15) is 31.2 Å². The number of carbonyl (C=O) groups excluding carboxylic acids is 1. The molecule has 0 radical (unpaired) electrons. The molecule has 1 aromatic heterocycles. The molecule has 168 valence electrons. The molecule has 0 spiro atoms. The van der Waals surface area contributed by atoms with Crippen LogP contribution in [-0.2, 0) is 4.79 Å². The Hall–Kier alpha value is -3.29. The zero-order chi connectivity index (χ0) is 21.8. The van der Waals surface area contributed by atoms with Crippen LogP contribution >= 0.6 is 0 Å². The Morgan fingerprint density at radius 2 is 1.44 bits per heavy atom. The summed E-state index contributed by atoms with van der Waals surface area (Å²) < 4.78 is 10.7. The molecule has 0 bridgehead atoms. The quantitative estimate of drug-likeness (QED) is 0.684. The van der Waals surface area contributed by atoms with Crippen LogP contribution in [0.2, 0.25) is 0 Å². The zero-order valence-corrected chi connectivity index (χ0v) is 18.3. The van der Waals surface area contributed by atoms with Gasteiger partial charge in [0.1, 0.15) is 0 Å². The second-order valence-electron chi connectivity index (χ2n) is 8.41. The van der Waals surface area contributed by atoms with Crippen molar-refractivity contribution in [2.45, 2.75) is 25.7 Å². The third kappa shape index (κ3) is 4.64. The molecule has 2 fully saturated rings. The topological polar surface area (TPSA) is 71.0 Å². The molecule has 0 unspecified atom stereocenters. The summed E-state index contributed by atoms with van der Waals surface area (Å²) in [6.45, 7) is 5.21. The van der Waals surface area contributed by atoms with Crippen LogP contribution in [0.3, 0.4) is 0 Å². The van der Waals surface area contributed by atoms with Crippen LogP contribution < -0.4 is 19.3 Å². The van der Waals surface area contributed by atoms with Crippen molar-refractivity contribution in [1.29, 1.82) is 0 Å². The lowest BCUT2D eigenvalue weighted by atomic mass is 10.2. The molecule has 32 heavy (non-hydrogen) atoms. The molecule has 8 nitrogen and oxygen atoms in total. The predicted octanol–water partition coefficient (Wildman–Crippen LogP) is 2.95. The first-order chi connectivity index (χ1) is 15.8. The number of anilines is 2. The van der Waals surface area contributed by atoms with Gasteiger partial charge in [-0.2, -0.15) is 0 Å². The molecular weight excluding hydrogens is 406 g/mol. The minimum absolute atomic E-state index is 0.0184. The van der Waals surface area contributed by atoms with Gasteiger partial charge in [-0.05, 0) is 48.7 Å². The number of rotatable bonds is 4. The molecule has 2 saturated heterocycles. The van der Waals surface area contributed by atoms with E-state index in [9.17, 15) is 4.79 Å². The Labute approximate surface area is 188 Å². The molecule has 5 rings (SSSR count). The maximum absolute atomic E-state index is 12.6. The Morgan fingerprint density at radius 1 is 0.781 bits per heavy atom. The van der Waals surface area contributed by atoms with E-state index in [0.717, 1.165) is 54.9 Å². The van der Waals surface area contributed by atoms with Gasteiger partial charge in [-0.3, -0.25) is 4.79 Å². The molecule has 0 saturated carbocycles. The van der Waals surface area contributed by atoms with Crippen molar-refractivity contribution >= 4 is 23.6 Å². The largest absolute Gasteiger partial charge is 0.454 e. The predicted molar refractivity (Wildman–Crippen MR) is 123 cm³/mol. The standard InChI is InChI=1S/C24H29N5O3/c30-24(10-6-19-5-7-20-21(17-19)32-18-31-20)29-15-13-28(14-16-29)23-9-8-22(25-26-23)27-11-3-1-2-4-12-27/h5-10,17H,1-4,11-16,18H2/b10-6+. The first kappa shape index (κ1) is 20.6. The second kappa shape index (κ2) is 9.46. The lowest BCUT2D eigenvalue weighted by Gasteiger charge is -2.34. The Kier molecular flexibility index (Phi) is 6.09. The smallest absolute Gasteiger partial charge is 0.246 e. The summed E-state index contributed by atoms with van der Waals surface area (Å²) in [5.41, 5.74) is 0.918. The van der Waals surface area contributed by atoms with Crippen molar-refractivity contribution in [3.05, 3.63) is 42.0 Å². The van der Waals surface area contributed by atoms with E-state index in [1.165, 1.54) is 25.7 Å². The molecular formula is C24H29N5O3. The van der Waals surface area contributed by atoms with Crippen molar-refractivity contribution in [3.8, 4) is 11.5 Å². The van der Waals surface area contributed by atoms with Gasteiger partial charge in [0, 0.05) is 45.3 Å². The maximum atomic E-state index is 12.6. The summed E-state index contributed by atoms with van der Waals surface area (Å²) in [6, 6.07) is 9.81. The third-order valence-electron chi connectivity index (χ3n) is 6.30. The van der Waals surface area contributed by atoms with Gasteiger partial charge in [-0.1, -0.05) is 18.9 Å². The number of hydrogen-bond acceptors (Lipinski definition) is 7. The maximum Gasteiger partial charge on any atom is 0.246 e. The zero-order valence-electron chi connectivity index (χ0n) is 18.3. The highest BCUT2D eigenvalue weighted by Crippen LogP contribution is 2.32. The molecule has 0 atom stereocenters. The van der Waals surface area contributed by atoms with E-state index in [4.69, 9.17) is 9.47 Å². The molecule has 3 aliphatic heterocycles. The van der Waals surface area contributed by atoms with Crippen molar-refractivity contribution in [2.24, 2.45) is 0 Å². The van der Waals surface area contributed by atoms with E-state index in [0.29, 0.717) is 13.1 Å². The molecule has 3 aliphatic rings. The van der Waals surface area contributed by atoms with Gasteiger partial charge in [0.2, 0.25) is 12.7 Å². The first-order valence-electron chi connectivity index (χ1n) is 11.5. The molecule has 2 aromatic rings. The summed E-state index contributed by atoms with van der Waals surface area (Å²) >= 11 is 0. The van der Waals surface area contributed by atoms with Crippen LogP contribution in [0.25, 0.3) is 6.08 Å². The molecule has 0 N–H and O–H groups in total. The minimum atomic E-state index is 0.0184. The summed E-state index contributed by atoms with van der Waals surface area (Å²) in [4.78, 5) is 19.0. The highest BCUT2D eigenvalue weighted by molar-refractivity contribution is 5.92. The van der Waals surface area contributed by atoms with Gasteiger partial charge >= 0.3 is 0 Å². The van der Waals surface area contributed by atoms with Crippen LogP contribution in [-0.4, -0.2) is 67.1 Å². The van der Waals surface area contributed by atoms with Gasteiger partial charge in [0.25, 0.3) is 0 Å². The number of amides is 1. The minimum Gasteiger partial charge on any atom is -0.454 e. The van der Waals surface area contributed by atoms with E-state index in [-0.39, 0.29) is 12.7 Å². The fourth-order valence-corrected chi connectivity index (χ4v) is 4.40. The molecule has 1 aromatic carbocycles. The number of benzene rings is 1. The molecule has 8 heteroatoms. The van der Waals surface area contributed by atoms with E-state index < -0.39 is 0 Å². The highest BCUT2D eigenvalue weighted by atomic mass is 16.7. The lowest BCUT2D eigenvalue weighted by molar-refractivity contribution is -0.126. The number of ether oxygens (including phenoxy) is 2. The van der Waals surface area contributed by atoms with E-state index in [1.54, 1.807) is 6.08 Å². The Morgan fingerprint density at radius 3 is 2.12 bits per heavy atom. The molecule has 1 amide bonds. The number of aromatic nitrogens is 2. The van der Waals surface area contributed by atoms with Gasteiger partial charge in [-0.15, -0.1) is 10.2 Å². The normalized spacial score (nSPS) is 18.8. The summed E-state index contributed by atoms with van der Waals surface area (Å²) in [5, 5.41) is 8.96. The van der Waals surface area contributed by atoms with Crippen molar-refractivity contribution in [1.82, 2.24) is 15.1 Å². The fourth-order valence-electron chi connectivity index (χ4n) is 4.40. The lowest BCUT2D eigenvalue weighted by Crippen LogP contribution is -2.48. The van der Waals surface area contributed by atoms with Crippen molar-refractivity contribution in [2.75, 3.05) is 55.9 Å². The number of hydrogen-bond donors (Lipinski definition) is 0. The van der Waals surface area contributed by atoms with Gasteiger partial charge in [-0.25, -0.2) is 0 Å². The van der Waals surface area contributed by atoms with Crippen LogP contribution in [0.15, 0.2) is 36.4 Å². The van der Waals surface area contributed by atoms with E-state index >= 15 is 0 Å². The fraction of sp³-hybridized carbons (Fsp3) is 0.458. The second-order valence-corrected chi connectivity index (χ2v) is 8.41. The number of fused-ring (bicyclic) bond motifs is 1. The average Bonchev–Trinajstić information content (AvgIpc) is 3.14. The Balaban J connectivity index is 1.14. The molecule has 4 heterocycles. The highest BCUT2D eigenvalue weighted by Gasteiger charge is 2.21. The SMILES string of the molecule is O=C(/C=C/c1ccc2c(c1)OCO2)N1CCN(c2ccc(N3CCCCCC3)nn2)CC1. The van der Waals surface area contributed by atoms with Gasteiger partial charge in [0.15, 0.2) is 23.1 Å². The molecule has 0 aliphatic carbocycles. The summed E-state index contributed by atoms with van der Waals surface area (Å²) in [5.74, 6) is 3.33. The third-order valence-corrected chi connectivity index (χ3v) is 6.30. The average molecular weight is 436 g/mol. The number of piperazine rings is 1. The monoisotopic (exact) mass is 435 g/mol. The summed E-state index contributed by atoms with van der Waals surface area (Å²) in [6.07, 6.45) is 8.51. The van der Waals surface area contributed by atoms with Gasteiger partial charge < -0.3 is 24.2 Å². The van der Waals surface area contributed by atoms with Gasteiger partial charge in [0.05, 0.1) is 0 Å². The van der Waals surface area contributed by atoms with Crippen LogP contribution in [0.5, 0.6) is 11.5 Å². The Bertz CT molecular complexity index is 962. The van der Waals surface area contributed by atoms with Crippen LogP contribution in [0.4, 0.5) is 11.6 Å². The number of nitrogens with zero attached hydrogens (tertiary/aromatic N) is 5. The van der Waals surface area contributed by atoms with Crippen LogP contribution in [0, 0.1) is 0 Å². The van der Waals surface area contributed by atoms with E-state index in [1.807, 2.05) is 29.2 Å². The van der Waals surface area contributed by atoms with Crippen molar-refractivity contribution in [3.63, 3.8) is 0 Å². The van der Waals surface area contributed by atoms with Crippen molar-refractivity contribution < 1.29 is 14.3 Å². The number of carbonyl (C=O) groups is 1. The summed E-state index contributed by atoms with van der Waals surface area (Å²) in [7, 11) is 0.